The average Bonchev–Trinajstić information content (AvgIpc) is 2.35. The summed E-state index contributed by atoms with van der Waals surface area (Å²) < 4.78 is 7.29. The van der Waals surface area contributed by atoms with Crippen LogP contribution in [0, 0.1) is 4.77 Å². The van der Waals surface area contributed by atoms with E-state index in [4.69, 9.17) is 22.7 Å². The fourth-order valence-electron chi connectivity index (χ4n) is 0.838. The summed E-state index contributed by atoms with van der Waals surface area (Å²) in [6, 6.07) is 0. The Morgan fingerprint density at radius 2 is 2.50 bits per heavy atom. The molecule has 1 heterocycles. The maximum atomic E-state index is 5.54. The van der Waals surface area contributed by atoms with Gasteiger partial charge in [-0.2, -0.15) is 0 Å². The second-order valence-corrected chi connectivity index (χ2v) is 2.93. The molecule has 1 aromatic heterocycles. The maximum absolute atomic E-state index is 5.54. The molecule has 0 saturated carbocycles. The molecule has 0 aliphatic heterocycles. The molecule has 0 fully saturated rings. The van der Waals surface area contributed by atoms with E-state index in [1.165, 1.54) is 0 Å². The van der Waals surface area contributed by atoms with Crippen LogP contribution in [-0.2, 0) is 11.3 Å². The Bertz CT molecular complexity index is 305. The van der Waals surface area contributed by atoms with E-state index in [1.54, 1.807) is 11.7 Å². The molecule has 0 aromatic carbocycles. The first-order chi connectivity index (χ1) is 5.65. The minimum absolute atomic E-state index is 0.0802. The third-order valence-corrected chi connectivity index (χ3v) is 1.94. The van der Waals surface area contributed by atoms with Crippen LogP contribution in [0.5, 0.6) is 0 Å². The van der Waals surface area contributed by atoms with Crippen molar-refractivity contribution in [3.8, 4) is 0 Å². The molecule has 0 bridgehead atoms. The molecule has 1 unspecified atom stereocenters. The van der Waals surface area contributed by atoms with E-state index in [1.807, 2.05) is 6.92 Å². The Hall–Kier alpha value is -0.880. The van der Waals surface area contributed by atoms with Crippen LogP contribution in [0.15, 0.2) is 0 Å². The van der Waals surface area contributed by atoms with Gasteiger partial charge in [0.15, 0.2) is 4.77 Å². The van der Waals surface area contributed by atoms with Gasteiger partial charge in [0, 0.05) is 7.11 Å². The van der Waals surface area contributed by atoms with Crippen molar-refractivity contribution in [3.63, 3.8) is 0 Å². The zero-order valence-electron chi connectivity index (χ0n) is 7.07. The lowest BCUT2D eigenvalue weighted by Gasteiger charge is -2.09. The van der Waals surface area contributed by atoms with Crippen LogP contribution in [0.2, 0.25) is 0 Å². The molecule has 68 valence electrons. The van der Waals surface area contributed by atoms with Crippen LogP contribution in [0.25, 0.3) is 0 Å². The SMILES string of the molecule is COC(C)Cn1c(N)n[nH]c1=S. The molecule has 1 aromatic rings. The molecule has 1 rings (SSSR count). The summed E-state index contributed by atoms with van der Waals surface area (Å²) in [4.78, 5) is 0. The summed E-state index contributed by atoms with van der Waals surface area (Å²) >= 11 is 4.95. The highest BCUT2D eigenvalue weighted by Crippen LogP contribution is 2.02. The summed E-state index contributed by atoms with van der Waals surface area (Å²) in [5.74, 6) is 0.393. The number of anilines is 1. The number of methoxy groups -OCH3 is 1. The van der Waals surface area contributed by atoms with Gasteiger partial charge in [-0.3, -0.25) is 4.57 Å². The fraction of sp³-hybridized carbons (Fsp3) is 0.667. The number of nitrogens with zero attached hydrogens (tertiary/aromatic N) is 2. The van der Waals surface area contributed by atoms with Gasteiger partial charge in [-0.1, -0.05) is 0 Å². The van der Waals surface area contributed by atoms with Gasteiger partial charge in [0.05, 0.1) is 12.6 Å². The molecule has 0 aliphatic carbocycles. The van der Waals surface area contributed by atoms with Crippen LogP contribution < -0.4 is 5.73 Å². The summed E-state index contributed by atoms with van der Waals surface area (Å²) in [5.41, 5.74) is 5.54. The molecular weight excluding hydrogens is 176 g/mol. The predicted molar refractivity (Wildman–Crippen MR) is 48.3 cm³/mol. The second-order valence-electron chi connectivity index (χ2n) is 2.54. The van der Waals surface area contributed by atoms with Crippen LogP contribution in [0.3, 0.4) is 0 Å². The molecule has 0 amide bonds. The number of nitrogens with one attached hydrogen (secondary N) is 1. The number of aromatic nitrogens is 3. The summed E-state index contributed by atoms with van der Waals surface area (Å²) in [5, 5.41) is 6.37. The van der Waals surface area contributed by atoms with Crippen LogP contribution in [0.4, 0.5) is 5.95 Å². The van der Waals surface area contributed by atoms with Gasteiger partial charge in [0.25, 0.3) is 0 Å². The van der Waals surface area contributed by atoms with Crippen molar-refractivity contribution in [2.45, 2.75) is 19.6 Å². The van der Waals surface area contributed by atoms with Crippen molar-refractivity contribution < 1.29 is 4.74 Å². The topological polar surface area (TPSA) is 68.9 Å². The van der Waals surface area contributed by atoms with Crippen molar-refractivity contribution in [3.05, 3.63) is 4.77 Å². The predicted octanol–water partition coefficient (Wildman–Crippen LogP) is 0.558. The Labute approximate surface area is 75.5 Å². The first-order valence-corrected chi connectivity index (χ1v) is 3.99. The first-order valence-electron chi connectivity index (χ1n) is 3.58. The van der Waals surface area contributed by atoms with Gasteiger partial charge < -0.3 is 10.5 Å². The van der Waals surface area contributed by atoms with E-state index in [-0.39, 0.29) is 6.10 Å². The second kappa shape index (κ2) is 3.68. The van der Waals surface area contributed by atoms with Gasteiger partial charge in [0.2, 0.25) is 5.95 Å². The highest BCUT2D eigenvalue weighted by Gasteiger charge is 2.05. The molecule has 0 spiro atoms. The molecular formula is C6H12N4OS. The van der Waals surface area contributed by atoms with Gasteiger partial charge >= 0.3 is 0 Å². The molecule has 0 aliphatic rings. The number of hydrogen-bond donors (Lipinski definition) is 2. The minimum atomic E-state index is 0.0802. The fourth-order valence-corrected chi connectivity index (χ4v) is 1.05. The lowest BCUT2D eigenvalue weighted by Crippen LogP contribution is -2.16. The van der Waals surface area contributed by atoms with Gasteiger partial charge in [-0.05, 0) is 19.1 Å². The number of hydrogen-bond acceptors (Lipinski definition) is 4. The number of rotatable bonds is 3. The first kappa shape index (κ1) is 9.21. The number of H-pyrrole nitrogens is 1. The Balaban J connectivity index is 2.81. The van der Waals surface area contributed by atoms with E-state index in [9.17, 15) is 0 Å². The Morgan fingerprint density at radius 3 is 2.92 bits per heavy atom. The maximum Gasteiger partial charge on any atom is 0.220 e. The van der Waals surface area contributed by atoms with Crippen molar-refractivity contribution in [2.75, 3.05) is 12.8 Å². The van der Waals surface area contributed by atoms with Crippen molar-refractivity contribution in [2.24, 2.45) is 0 Å². The normalized spacial score (nSPS) is 13.2. The lowest BCUT2D eigenvalue weighted by atomic mass is 10.4. The minimum Gasteiger partial charge on any atom is -0.380 e. The quantitative estimate of drug-likeness (QED) is 0.680. The van der Waals surface area contributed by atoms with Crippen LogP contribution in [0.1, 0.15) is 6.92 Å². The van der Waals surface area contributed by atoms with Gasteiger partial charge in [-0.15, -0.1) is 5.10 Å². The number of nitrogen functional groups attached to an aromatic ring is 1. The summed E-state index contributed by atoms with van der Waals surface area (Å²) in [6.45, 7) is 2.56. The monoisotopic (exact) mass is 188 g/mol. The van der Waals surface area contributed by atoms with Crippen molar-refractivity contribution in [1.29, 1.82) is 0 Å². The molecule has 3 N–H and O–H groups in total. The molecule has 0 saturated heterocycles. The number of aromatic amines is 1. The Morgan fingerprint density at radius 1 is 1.83 bits per heavy atom. The molecule has 5 nitrogen and oxygen atoms in total. The van der Waals surface area contributed by atoms with Crippen LogP contribution in [-0.4, -0.2) is 28.0 Å². The van der Waals surface area contributed by atoms with Crippen molar-refractivity contribution in [1.82, 2.24) is 14.8 Å². The third-order valence-electron chi connectivity index (χ3n) is 1.63. The molecule has 0 radical (unpaired) electrons. The van der Waals surface area contributed by atoms with Crippen LogP contribution >= 0.6 is 12.2 Å². The highest BCUT2D eigenvalue weighted by atomic mass is 32.1. The standard InChI is InChI=1S/C6H12N4OS/c1-4(11-2)3-10-5(7)8-9-6(10)12/h4H,3H2,1-2H3,(H2,7,8)(H,9,12). The van der Waals surface area contributed by atoms with E-state index in [0.29, 0.717) is 17.3 Å². The summed E-state index contributed by atoms with van der Waals surface area (Å²) in [7, 11) is 1.64. The third kappa shape index (κ3) is 1.83. The number of ether oxygens (including phenoxy) is 1. The van der Waals surface area contributed by atoms with E-state index >= 15 is 0 Å². The van der Waals surface area contributed by atoms with E-state index in [2.05, 4.69) is 10.2 Å². The lowest BCUT2D eigenvalue weighted by molar-refractivity contribution is 0.103. The van der Waals surface area contributed by atoms with Crippen molar-refractivity contribution >= 4 is 18.2 Å². The molecule has 1 atom stereocenters. The number of nitrogens with two attached hydrogens (primary N) is 1. The summed E-state index contributed by atoms with van der Waals surface area (Å²) in [6.07, 6.45) is 0.0802. The smallest absolute Gasteiger partial charge is 0.220 e. The molecule has 6 heteroatoms. The largest absolute Gasteiger partial charge is 0.380 e. The van der Waals surface area contributed by atoms with Gasteiger partial charge in [-0.25, -0.2) is 5.10 Å². The highest BCUT2D eigenvalue weighted by molar-refractivity contribution is 7.71. The average molecular weight is 188 g/mol. The van der Waals surface area contributed by atoms with E-state index in [0.717, 1.165) is 0 Å². The zero-order valence-corrected chi connectivity index (χ0v) is 7.89. The van der Waals surface area contributed by atoms with Gasteiger partial charge in [0.1, 0.15) is 0 Å². The zero-order chi connectivity index (χ0) is 9.14. The Kier molecular flexibility index (Phi) is 2.83. The van der Waals surface area contributed by atoms with E-state index < -0.39 is 0 Å². The molecule has 12 heavy (non-hydrogen) atoms.